The molecule has 0 aliphatic rings. The number of benzene rings is 2. The van der Waals surface area contributed by atoms with Crippen molar-refractivity contribution in [1.82, 2.24) is 10.2 Å². The summed E-state index contributed by atoms with van der Waals surface area (Å²) in [6, 6.07) is 15.0. The van der Waals surface area contributed by atoms with Gasteiger partial charge in [-0.15, -0.1) is 0 Å². The van der Waals surface area contributed by atoms with Gasteiger partial charge < -0.3 is 10.2 Å². The molecule has 0 fully saturated rings. The number of nitrogens with one attached hydrogen (secondary N) is 1. The van der Waals surface area contributed by atoms with E-state index in [1.807, 2.05) is 55.4 Å². The average molecular weight is 351 g/mol. The van der Waals surface area contributed by atoms with E-state index in [2.05, 4.69) is 5.32 Å². The topological polar surface area (TPSA) is 32.3 Å². The van der Waals surface area contributed by atoms with Gasteiger partial charge in [0.05, 0.1) is 12.5 Å². The Kier molecular flexibility index (Phi) is 6.46. The molecule has 1 unspecified atom stereocenters. The molecule has 0 aliphatic carbocycles. The first-order valence-electron chi connectivity index (χ1n) is 7.39. The number of likely N-dealkylation sites (N-methyl/N-ethyl adjacent to an activating group) is 1. The van der Waals surface area contributed by atoms with Crippen LogP contribution in [0.2, 0.25) is 10.0 Å². The molecule has 5 heteroatoms. The third-order valence-electron chi connectivity index (χ3n) is 3.66. The Labute approximate surface area is 147 Å². The van der Waals surface area contributed by atoms with E-state index in [1.165, 1.54) is 0 Å². The van der Waals surface area contributed by atoms with E-state index in [-0.39, 0.29) is 11.9 Å². The van der Waals surface area contributed by atoms with Crippen LogP contribution in [0, 0.1) is 0 Å². The lowest BCUT2D eigenvalue weighted by Crippen LogP contribution is -2.35. The monoisotopic (exact) mass is 350 g/mol. The maximum atomic E-state index is 12.1. The fourth-order valence-corrected chi connectivity index (χ4v) is 2.76. The number of nitrogens with zero attached hydrogens (tertiary/aromatic N) is 1. The Morgan fingerprint density at radius 3 is 2.35 bits per heavy atom. The molecule has 2 rings (SSSR count). The van der Waals surface area contributed by atoms with E-state index in [0.717, 1.165) is 11.1 Å². The van der Waals surface area contributed by atoms with E-state index in [9.17, 15) is 4.79 Å². The van der Waals surface area contributed by atoms with Crippen LogP contribution in [0.1, 0.15) is 17.2 Å². The van der Waals surface area contributed by atoms with Crippen LogP contribution >= 0.6 is 23.2 Å². The molecule has 0 spiro atoms. The summed E-state index contributed by atoms with van der Waals surface area (Å²) >= 11 is 12.1. The van der Waals surface area contributed by atoms with Crippen molar-refractivity contribution in [2.45, 2.75) is 12.5 Å². The summed E-state index contributed by atoms with van der Waals surface area (Å²) < 4.78 is 0. The Balaban J connectivity index is 1.97. The van der Waals surface area contributed by atoms with Gasteiger partial charge in [0.15, 0.2) is 0 Å². The van der Waals surface area contributed by atoms with Crippen molar-refractivity contribution in [3.8, 4) is 0 Å². The number of rotatable bonds is 6. The summed E-state index contributed by atoms with van der Waals surface area (Å²) in [6.07, 6.45) is 0.333. The third-order valence-corrected chi connectivity index (χ3v) is 4.25. The maximum absolute atomic E-state index is 12.1. The van der Waals surface area contributed by atoms with Crippen molar-refractivity contribution in [2.75, 3.05) is 20.6 Å². The second-order valence-corrected chi connectivity index (χ2v) is 6.45. The highest BCUT2D eigenvalue weighted by atomic mass is 35.5. The first-order chi connectivity index (χ1) is 11.0. The number of carbonyl (C=O) groups excluding carboxylic acids is 1. The Bertz CT molecular complexity index is 656. The van der Waals surface area contributed by atoms with Gasteiger partial charge >= 0.3 is 0 Å². The van der Waals surface area contributed by atoms with Crippen molar-refractivity contribution in [2.24, 2.45) is 0 Å². The molecule has 0 aliphatic heterocycles. The molecule has 0 saturated carbocycles. The molecule has 0 heterocycles. The van der Waals surface area contributed by atoms with Gasteiger partial charge in [-0.05, 0) is 43.4 Å². The minimum absolute atomic E-state index is 0.0220. The Morgan fingerprint density at radius 1 is 1.09 bits per heavy atom. The molecular weight excluding hydrogens is 331 g/mol. The number of hydrogen-bond acceptors (Lipinski definition) is 2. The molecule has 1 N–H and O–H groups in total. The van der Waals surface area contributed by atoms with Gasteiger partial charge in [-0.3, -0.25) is 4.79 Å². The number of carbonyl (C=O) groups is 1. The summed E-state index contributed by atoms with van der Waals surface area (Å²) in [4.78, 5) is 14.2. The molecule has 1 amide bonds. The van der Waals surface area contributed by atoms with Gasteiger partial charge in [-0.2, -0.15) is 0 Å². The van der Waals surface area contributed by atoms with Crippen LogP contribution in [0.25, 0.3) is 0 Å². The van der Waals surface area contributed by atoms with E-state index < -0.39 is 0 Å². The summed E-state index contributed by atoms with van der Waals surface area (Å²) in [5.74, 6) is -0.0220. The highest BCUT2D eigenvalue weighted by Gasteiger charge is 2.17. The van der Waals surface area contributed by atoms with Crippen LogP contribution in [0.3, 0.4) is 0 Å². The zero-order valence-electron chi connectivity index (χ0n) is 13.2. The summed E-state index contributed by atoms with van der Waals surface area (Å²) in [7, 11) is 3.94. The lowest BCUT2D eigenvalue weighted by atomic mass is 10.1. The second-order valence-electron chi connectivity index (χ2n) is 5.61. The van der Waals surface area contributed by atoms with Gasteiger partial charge in [-0.1, -0.05) is 53.5 Å². The molecule has 1 atom stereocenters. The fraction of sp³-hybridized carbons (Fsp3) is 0.278. The summed E-state index contributed by atoms with van der Waals surface area (Å²) in [6.45, 7) is 0.503. The maximum Gasteiger partial charge on any atom is 0.224 e. The molecule has 122 valence electrons. The third kappa shape index (κ3) is 5.24. The standard InChI is InChI=1S/C18H20Cl2N2O/c1-22(2)17(15-5-3-4-6-16(15)20)12-21-18(23)11-13-7-9-14(19)10-8-13/h3-10,17H,11-12H2,1-2H3,(H,21,23). The molecule has 0 aromatic heterocycles. The van der Waals surface area contributed by atoms with Crippen molar-refractivity contribution in [3.63, 3.8) is 0 Å². The van der Waals surface area contributed by atoms with Crippen molar-refractivity contribution in [3.05, 3.63) is 69.7 Å². The SMILES string of the molecule is CN(C)C(CNC(=O)Cc1ccc(Cl)cc1)c1ccccc1Cl. The minimum atomic E-state index is -0.0220. The Morgan fingerprint density at radius 2 is 1.74 bits per heavy atom. The molecule has 0 bridgehead atoms. The van der Waals surface area contributed by atoms with E-state index in [0.29, 0.717) is 23.0 Å². The van der Waals surface area contributed by atoms with Crippen LogP contribution in [0.5, 0.6) is 0 Å². The van der Waals surface area contributed by atoms with Gasteiger partial charge in [-0.25, -0.2) is 0 Å². The Hall–Kier alpha value is -1.55. The predicted octanol–water partition coefficient (Wildman–Crippen LogP) is 3.96. The van der Waals surface area contributed by atoms with Gasteiger partial charge in [0.1, 0.15) is 0 Å². The zero-order valence-corrected chi connectivity index (χ0v) is 14.7. The van der Waals surface area contributed by atoms with E-state index in [4.69, 9.17) is 23.2 Å². The predicted molar refractivity (Wildman–Crippen MR) is 96.0 cm³/mol. The quantitative estimate of drug-likeness (QED) is 0.855. The molecule has 23 heavy (non-hydrogen) atoms. The first-order valence-corrected chi connectivity index (χ1v) is 8.15. The van der Waals surface area contributed by atoms with Crippen LogP contribution in [-0.2, 0) is 11.2 Å². The summed E-state index contributed by atoms with van der Waals surface area (Å²) in [5.41, 5.74) is 1.94. The van der Waals surface area contributed by atoms with Crippen LogP contribution in [0.15, 0.2) is 48.5 Å². The zero-order chi connectivity index (χ0) is 16.8. The van der Waals surface area contributed by atoms with Gasteiger partial charge in [0, 0.05) is 16.6 Å². The number of hydrogen-bond donors (Lipinski definition) is 1. The lowest BCUT2D eigenvalue weighted by Gasteiger charge is -2.26. The average Bonchev–Trinajstić information content (AvgIpc) is 2.51. The molecule has 0 saturated heterocycles. The molecule has 2 aromatic carbocycles. The normalized spacial score (nSPS) is 12.2. The minimum Gasteiger partial charge on any atom is -0.354 e. The summed E-state index contributed by atoms with van der Waals surface area (Å²) in [5, 5.41) is 4.35. The lowest BCUT2D eigenvalue weighted by molar-refractivity contribution is -0.120. The largest absolute Gasteiger partial charge is 0.354 e. The second kappa shape index (κ2) is 8.34. The molecule has 0 radical (unpaired) electrons. The smallest absolute Gasteiger partial charge is 0.224 e. The first kappa shape index (κ1) is 17.8. The highest BCUT2D eigenvalue weighted by Crippen LogP contribution is 2.25. The van der Waals surface area contributed by atoms with E-state index >= 15 is 0 Å². The molecule has 3 nitrogen and oxygen atoms in total. The molecule has 2 aromatic rings. The fourth-order valence-electron chi connectivity index (χ4n) is 2.38. The van der Waals surface area contributed by atoms with Crippen LogP contribution in [-0.4, -0.2) is 31.4 Å². The number of amides is 1. The van der Waals surface area contributed by atoms with Crippen molar-refractivity contribution < 1.29 is 4.79 Å². The molecular formula is C18H20Cl2N2O. The van der Waals surface area contributed by atoms with Crippen LogP contribution < -0.4 is 5.32 Å². The van der Waals surface area contributed by atoms with Crippen molar-refractivity contribution >= 4 is 29.1 Å². The van der Waals surface area contributed by atoms with Gasteiger partial charge in [0.25, 0.3) is 0 Å². The number of halogens is 2. The van der Waals surface area contributed by atoms with Crippen LogP contribution in [0.4, 0.5) is 0 Å². The van der Waals surface area contributed by atoms with Gasteiger partial charge in [0.2, 0.25) is 5.91 Å². The van der Waals surface area contributed by atoms with E-state index in [1.54, 1.807) is 12.1 Å². The van der Waals surface area contributed by atoms with Crippen molar-refractivity contribution in [1.29, 1.82) is 0 Å². The highest BCUT2D eigenvalue weighted by molar-refractivity contribution is 6.31.